The molecule has 0 radical (unpaired) electrons. The van der Waals surface area contributed by atoms with Crippen molar-refractivity contribution in [1.29, 1.82) is 0 Å². The Balaban J connectivity index is 2.34. The summed E-state index contributed by atoms with van der Waals surface area (Å²) in [4.78, 5) is 26.7. The molecule has 1 aromatic rings. The zero-order valence-corrected chi connectivity index (χ0v) is 9.56. The van der Waals surface area contributed by atoms with Crippen LogP contribution in [0.2, 0.25) is 0 Å². The van der Waals surface area contributed by atoms with Gasteiger partial charge in [-0.25, -0.2) is 0 Å². The third kappa shape index (κ3) is 3.81. The monoisotopic (exact) mass is 220 g/mol. The molecule has 0 spiro atoms. The first-order valence-electron chi connectivity index (χ1n) is 5.32. The Morgan fingerprint density at radius 1 is 1.44 bits per heavy atom. The van der Waals surface area contributed by atoms with Crippen molar-refractivity contribution in [3.8, 4) is 0 Å². The first kappa shape index (κ1) is 12.4. The summed E-state index contributed by atoms with van der Waals surface area (Å²) in [6.07, 6.45) is 3.49. The Morgan fingerprint density at radius 3 is 2.75 bits per heavy atom. The van der Waals surface area contributed by atoms with Crippen molar-refractivity contribution in [1.82, 2.24) is 10.3 Å². The highest BCUT2D eigenvalue weighted by Crippen LogP contribution is 1.98. The number of nitrogens with zero attached hydrogens (tertiary/aromatic N) is 1. The van der Waals surface area contributed by atoms with Crippen LogP contribution in [0.15, 0.2) is 24.5 Å². The largest absolute Gasteiger partial charge is 0.352 e. The smallest absolute Gasteiger partial charge is 0.252 e. The van der Waals surface area contributed by atoms with Crippen LogP contribution < -0.4 is 5.32 Å². The van der Waals surface area contributed by atoms with E-state index in [4.69, 9.17) is 0 Å². The van der Waals surface area contributed by atoms with Gasteiger partial charge < -0.3 is 5.32 Å². The molecule has 1 rings (SSSR count). The standard InChI is InChI=1S/C12H16N2O2/c1-9(2)11(15)5-7-14-12(16)10-4-3-6-13-8-10/h3-4,6,8-9H,5,7H2,1-2H3,(H,14,16). The van der Waals surface area contributed by atoms with Gasteiger partial charge in [0.2, 0.25) is 0 Å². The van der Waals surface area contributed by atoms with Crippen LogP contribution in [0.25, 0.3) is 0 Å². The molecule has 1 amide bonds. The average Bonchev–Trinajstić information content (AvgIpc) is 2.29. The molecule has 16 heavy (non-hydrogen) atoms. The van der Waals surface area contributed by atoms with Gasteiger partial charge in [-0.2, -0.15) is 0 Å². The van der Waals surface area contributed by atoms with Crippen LogP contribution in [0.5, 0.6) is 0 Å². The minimum absolute atomic E-state index is 0.0234. The van der Waals surface area contributed by atoms with Gasteiger partial charge in [-0.05, 0) is 12.1 Å². The van der Waals surface area contributed by atoms with Gasteiger partial charge in [-0.3, -0.25) is 14.6 Å². The lowest BCUT2D eigenvalue weighted by molar-refractivity contribution is -0.121. The summed E-state index contributed by atoms with van der Waals surface area (Å²) >= 11 is 0. The molecule has 86 valence electrons. The number of amides is 1. The molecule has 0 atom stereocenters. The number of rotatable bonds is 5. The van der Waals surface area contributed by atoms with Gasteiger partial charge in [0.05, 0.1) is 5.56 Å². The van der Waals surface area contributed by atoms with E-state index in [1.165, 1.54) is 6.20 Å². The number of carbonyl (C=O) groups is 2. The second-order valence-electron chi connectivity index (χ2n) is 3.87. The summed E-state index contributed by atoms with van der Waals surface area (Å²) in [5, 5.41) is 2.68. The highest BCUT2D eigenvalue weighted by molar-refractivity contribution is 5.94. The van der Waals surface area contributed by atoms with Crippen LogP contribution in [0.4, 0.5) is 0 Å². The van der Waals surface area contributed by atoms with Crippen molar-refractivity contribution in [2.45, 2.75) is 20.3 Å². The molecule has 0 saturated heterocycles. The Kier molecular flexibility index (Phi) is 4.64. The Hall–Kier alpha value is -1.71. The van der Waals surface area contributed by atoms with Gasteiger partial charge >= 0.3 is 0 Å². The normalized spacial score (nSPS) is 10.2. The number of ketones is 1. The fourth-order valence-electron chi connectivity index (χ4n) is 1.19. The molecule has 0 aliphatic carbocycles. The summed E-state index contributed by atoms with van der Waals surface area (Å²) in [6, 6.07) is 3.39. The van der Waals surface area contributed by atoms with Gasteiger partial charge in [0.15, 0.2) is 0 Å². The fourth-order valence-corrected chi connectivity index (χ4v) is 1.19. The quantitative estimate of drug-likeness (QED) is 0.816. The van der Waals surface area contributed by atoms with E-state index in [-0.39, 0.29) is 17.6 Å². The minimum atomic E-state index is -0.190. The zero-order chi connectivity index (χ0) is 12.0. The highest BCUT2D eigenvalue weighted by atomic mass is 16.1. The molecule has 4 nitrogen and oxygen atoms in total. The molecular formula is C12H16N2O2. The van der Waals surface area contributed by atoms with Crippen molar-refractivity contribution in [3.05, 3.63) is 30.1 Å². The second-order valence-corrected chi connectivity index (χ2v) is 3.87. The molecule has 0 aliphatic rings. The minimum Gasteiger partial charge on any atom is -0.352 e. The van der Waals surface area contributed by atoms with Crippen LogP contribution in [0.1, 0.15) is 30.6 Å². The highest BCUT2D eigenvalue weighted by Gasteiger charge is 2.08. The van der Waals surface area contributed by atoms with Gasteiger partial charge in [0.25, 0.3) is 5.91 Å². The molecule has 1 heterocycles. The molecule has 0 saturated carbocycles. The number of hydrogen-bond donors (Lipinski definition) is 1. The third-order valence-corrected chi connectivity index (χ3v) is 2.22. The number of hydrogen-bond acceptors (Lipinski definition) is 3. The van der Waals surface area contributed by atoms with E-state index < -0.39 is 0 Å². The SMILES string of the molecule is CC(C)C(=O)CCNC(=O)c1cccnc1. The van der Waals surface area contributed by atoms with E-state index in [1.54, 1.807) is 18.3 Å². The first-order chi connectivity index (χ1) is 7.61. The zero-order valence-electron chi connectivity index (χ0n) is 9.56. The molecule has 0 unspecified atom stereocenters. The first-order valence-corrected chi connectivity index (χ1v) is 5.32. The van der Waals surface area contributed by atoms with Crippen LogP contribution in [-0.2, 0) is 4.79 Å². The lowest BCUT2D eigenvalue weighted by Crippen LogP contribution is -2.27. The van der Waals surface area contributed by atoms with E-state index in [0.717, 1.165) is 0 Å². The maximum Gasteiger partial charge on any atom is 0.252 e. The molecule has 0 fully saturated rings. The second kappa shape index (κ2) is 6.00. The van der Waals surface area contributed by atoms with E-state index in [1.807, 2.05) is 13.8 Å². The van der Waals surface area contributed by atoms with Crippen LogP contribution in [0, 0.1) is 5.92 Å². The number of nitrogens with one attached hydrogen (secondary N) is 1. The predicted octanol–water partition coefficient (Wildman–Crippen LogP) is 1.43. The van der Waals surface area contributed by atoms with E-state index >= 15 is 0 Å². The number of Topliss-reactive ketones (excluding diaryl/α,β-unsaturated/α-hetero) is 1. The lowest BCUT2D eigenvalue weighted by Gasteiger charge is -2.05. The predicted molar refractivity (Wildman–Crippen MR) is 61.0 cm³/mol. The van der Waals surface area contributed by atoms with Gasteiger partial charge in [-0.1, -0.05) is 13.8 Å². The number of aromatic nitrogens is 1. The molecule has 1 N–H and O–H groups in total. The maximum atomic E-state index is 11.5. The van der Waals surface area contributed by atoms with Crippen molar-refractivity contribution in [3.63, 3.8) is 0 Å². The van der Waals surface area contributed by atoms with Crippen molar-refractivity contribution < 1.29 is 9.59 Å². The third-order valence-electron chi connectivity index (χ3n) is 2.22. The Bertz CT molecular complexity index is 361. The molecule has 0 aliphatic heterocycles. The summed E-state index contributed by atoms with van der Waals surface area (Å²) in [6.45, 7) is 4.08. The van der Waals surface area contributed by atoms with Gasteiger partial charge in [0.1, 0.15) is 5.78 Å². The van der Waals surface area contributed by atoms with Crippen molar-refractivity contribution in [2.75, 3.05) is 6.54 Å². The van der Waals surface area contributed by atoms with Gasteiger partial charge in [0, 0.05) is 31.3 Å². The molecule has 0 aromatic carbocycles. The fraction of sp³-hybridized carbons (Fsp3) is 0.417. The lowest BCUT2D eigenvalue weighted by atomic mass is 10.1. The summed E-state index contributed by atoms with van der Waals surface area (Å²) in [7, 11) is 0. The van der Waals surface area contributed by atoms with Crippen LogP contribution in [-0.4, -0.2) is 23.2 Å². The molecule has 1 aromatic heterocycles. The van der Waals surface area contributed by atoms with Crippen molar-refractivity contribution >= 4 is 11.7 Å². The molecule has 0 bridgehead atoms. The summed E-state index contributed by atoms with van der Waals surface area (Å²) < 4.78 is 0. The topological polar surface area (TPSA) is 59.1 Å². The molecule has 4 heteroatoms. The maximum absolute atomic E-state index is 11.5. The van der Waals surface area contributed by atoms with Crippen LogP contribution in [0.3, 0.4) is 0 Å². The van der Waals surface area contributed by atoms with Crippen LogP contribution >= 0.6 is 0 Å². The number of carbonyl (C=O) groups excluding carboxylic acids is 2. The summed E-state index contributed by atoms with van der Waals surface area (Å²) in [5.41, 5.74) is 0.513. The Morgan fingerprint density at radius 2 is 2.19 bits per heavy atom. The van der Waals surface area contributed by atoms with E-state index in [0.29, 0.717) is 18.5 Å². The van der Waals surface area contributed by atoms with Crippen molar-refractivity contribution in [2.24, 2.45) is 5.92 Å². The summed E-state index contributed by atoms with van der Waals surface area (Å²) in [5.74, 6) is -0.00793. The average molecular weight is 220 g/mol. The number of pyridine rings is 1. The van der Waals surface area contributed by atoms with E-state index in [9.17, 15) is 9.59 Å². The van der Waals surface area contributed by atoms with E-state index in [2.05, 4.69) is 10.3 Å². The Labute approximate surface area is 95.1 Å². The van der Waals surface area contributed by atoms with Gasteiger partial charge in [-0.15, -0.1) is 0 Å². The molecular weight excluding hydrogens is 204 g/mol.